The van der Waals surface area contributed by atoms with E-state index < -0.39 is 6.10 Å². The quantitative estimate of drug-likeness (QED) is 0.836. The number of hydrogen-bond donors (Lipinski definition) is 2. The zero-order valence-electron chi connectivity index (χ0n) is 10.1. The Kier molecular flexibility index (Phi) is 3.45. The van der Waals surface area contributed by atoms with E-state index in [0.29, 0.717) is 0 Å². The number of rotatable bonds is 4. The van der Waals surface area contributed by atoms with Crippen molar-refractivity contribution >= 4 is 11.6 Å². The number of nitrogens with one attached hydrogen (secondary N) is 1. The van der Waals surface area contributed by atoms with Crippen molar-refractivity contribution in [3.63, 3.8) is 0 Å². The van der Waals surface area contributed by atoms with Crippen LogP contribution in [0.2, 0.25) is 0 Å². The number of aliphatic hydroxyl groups is 1. The van der Waals surface area contributed by atoms with Crippen LogP contribution in [0.1, 0.15) is 36.5 Å². The van der Waals surface area contributed by atoms with Crippen LogP contribution in [0.3, 0.4) is 0 Å². The fraction of sp³-hybridized carbons (Fsp3) is 0.462. The van der Waals surface area contributed by atoms with Gasteiger partial charge in [0.2, 0.25) is 5.91 Å². The molecule has 4 nitrogen and oxygen atoms in total. The Bertz CT molecular complexity index is 431. The van der Waals surface area contributed by atoms with E-state index in [0.717, 1.165) is 23.2 Å². The van der Waals surface area contributed by atoms with E-state index >= 15 is 0 Å². The van der Waals surface area contributed by atoms with Gasteiger partial charge in [0.15, 0.2) is 0 Å². The highest BCUT2D eigenvalue weighted by Crippen LogP contribution is 2.36. The normalized spacial score (nSPS) is 19.9. The molecule has 1 aliphatic heterocycles. The van der Waals surface area contributed by atoms with Gasteiger partial charge in [-0.05, 0) is 23.6 Å². The number of ether oxygens (including phenoxy) is 1. The largest absolute Gasteiger partial charge is 0.386 e. The van der Waals surface area contributed by atoms with Gasteiger partial charge in [0.05, 0.1) is 12.5 Å². The molecule has 2 atom stereocenters. The average Bonchev–Trinajstić information content (AvgIpc) is 2.63. The van der Waals surface area contributed by atoms with Crippen LogP contribution in [0.5, 0.6) is 0 Å². The standard InChI is InChI=1S/C13H17NO3/c1-3-9-10-6-8(12(15)7-17-2)4-5-11(10)14-13(9)16/h4-6,9,12,15H,3,7H2,1-2H3,(H,14,16). The fourth-order valence-electron chi connectivity index (χ4n) is 2.21. The smallest absolute Gasteiger partial charge is 0.231 e. The summed E-state index contributed by atoms with van der Waals surface area (Å²) in [5, 5.41) is 12.7. The van der Waals surface area contributed by atoms with Gasteiger partial charge >= 0.3 is 0 Å². The summed E-state index contributed by atoms with van der Waals surface area (Å²) in [6.07, 6.45) is 0.126. The van der Waals surface area contributed by atoms with Crippen molar-refractivity contribution in [2.75, 3.05) is 19.0 Å². The fourth-order valence-corrected chi connectivity index (χ4v) is 2.21. The number of anilines is 1. The Labute approximate surface area is 101 Å². The van der Waals surface area contributed by atoms with Crippen LogP contribution in [-0.2, 0) is 9.53 Å². The summed E-state index contributed by atoms with van der Waals surface area (Å²) in [5.74, 6) is -0.0550. The first kappa shape index (κ1) is 12.1. The lowest BCUT2D eigenvalue weighted by molar-refractivity contribution is -0.117. The first-order valence-corrected chi connectivity index (χ1v) is 5.79. The molecule has 92 valence electrons. The molecule has 2 N–H and O–H groups in total. The van der Waals surface area contributed by atoms with Gasteiger partial charge < -0.3 is 15.2 Å². The van der Waals surface area contributed by atoms with E-state index in [1.54, 1.807) is 7.11 Å². The van der Waals surface area contributed by atoms with Gasteiger partial charge in [0.1, 0.15) is 6.10 Å². The third-order valence-corrected chi connectivity index (χ3v) is 3.14. The van der Waals surface area contributed by atoms with E-state index in [-0.39, 0.29) is 18.4 Å². The Morgan fingerprint density at radius 1 is 1.53 bits per heavy atom. The second-order valence-corrected chi connectivity index (χ2v) is 4.27. The lowest BCUT2D eigenvalue weighted by Crippen LogP contribution is -2.10. The van der Waals surface area contributed by atoms with Gasteiger partial charge in [-0.2, -0.15) is 0 Å². The number of fused-ring (bicyclic) bond motifs is 1. The minimum atomic E-state index is -0.640. The molecule has 1 amide bonds. The average molecular weight is 235 g/mol. The van der Waals surface area contributed by atoms with Gasteiger partial charge in [-0.3, -0.25) is 4.79 Å². The lowest BCUT2D eigenvalue weighted by Gasteiger charge is -2.12. The number of carbonyl (C=O) groups is 1. The molecular weight excluding hydrogens is 218 g/mol. The highest BCUT2D eigenvalue weighted by Gasteiger charge is 2.29. The molecule has 1 heterocycles. The van der Waals surface area contributed by atoms with Crippen molar-refractivity contribution in [2.45, 2.75) is 25.4 Å². The maximum atomic E-state index is 11.7. The van der Waals surface area contributed by atoms with Gasteiger partial charge in [-0.15, -0.1) is 0 Å². The molecule has 2 rings (SSSR count). The molecule has 2 unspecified atom stereocenters. The maximum absolute atomic E-state index is 11.7. The zero-order valence-corrected chi connectivity index (χ0v) is 10.1. The highest BCUT2D eigenvalue weighted by atomic mass is 16.5. The zero-order chi connectivity index (χ0) is 12.4. The Hall–Kier alpha value is -1.39. The predicted octanol–water partition coefficient (Wildman–Crippen LogP) is 1.81. The van der Waals surface area contributed by atoms with Crippen LogP contribution < -0.4 is 5.32 Å². The third-order valence-electron chi connectivity index (χ3n) is 3.14. The molecule has 17 heavy (non-hydrogen) atoms. The Morgan fingerprint density at radius 3 is 2.94 bits per heavy atom. The predicted molar refractivity (Wildman–Crippen MR) is 64.9 cm³/mol. The van der Waals surface area contributed by atoms with E-state index in [4.69, 9.17) is 4.74 Å². The minimum absolute atomic E-state index is 0.0425. The summed E-state index contributed by atoms with van der Waals surface area (Å²) in [4.78, 5) is 11.7. The van der Waals surface area contributed by atoms with Gasteiger partial charge in [-0.1, -0.05) is 19.1 Å². The Morgan fingerprint density at radius 2 is 2.29 bits per heavy atom. The number of aliphatic hydroxyl groups excluding tert-OH is 1. The van der Waals surface area contributed by atoms with E-state index in [1.807, 2.05) is 25.1 Å². The van der Waals surface area contributed by atoms with Crippen LogP contribution in [0.4, 0.5) is 5.69 Å². The van der Waals surface area contributed by atoms with Crippen LogP contribution in [-0.4, -0.2) is 24.7 Å². The topological polar surface area (TPSA) is 58.6 Å². The molecule has 0 fully saturated rings. The SMILES string of the molecule is CCC1C(=O)Nc2ccc(C(O)COC)cc21. The molecule has 0 bridgehead atoms. The molecule has 0 aromatic heterocycles. The second kappa shape index (κ2) is 4.85. The molecule has 0 saturated carbocycles. The number of hydrogen-bond acceptors (Lipinski definition) is 3. The molecule has 0 radical (unpaired) electrons. The summed E-state index contributed by atoms with van der Waals surface area (Å²) < 4.78 is 4.92. The number of carbonyl (C=O) groups excluding carboxylic acids is 1. The monoisotopic (exact) mass is 235 g/mol. The molecule has 0 aliphatic carbocycles. The van der Waals surface area contributed by atoms with Crippen LogP contribution in [0.15, 0.2) is 18.2 Å². The van der Waals surface area contributed by atoms with Crippen LogP contribution in [0.25, 0.3) is 0 Å². The summed E-state index contributed by atoms with van der Waals surface area (Å²) in [5.41, 5.74) is 2.63. The number of amides is 1. The summed E-state index contributed by atoms with van der Waals surface area (Å²) in [6, 6.07) is 5.56. The van der Waals surface area contributed by atoms with Gasteiger partial charge in [0, 0.05) is 12.8 Å². The molecule has 0 spiro atoms. The van der Waals surface area contributed by atoms with Crippen molar-refractivity contribution in [1.82, 2.24) is 0 Å². The molecule has 1 aromatic rings. The van der Waals surface area contributed by atoms with Gasteiger partial charge in [-0.25, -0.2) is 0 Å². The summed E-state index contributed by atoms with van der Waals surface area (Å²) >= 11 is 0. The van der Waals surface area contributed by atoms with Crippen molar-refractivity contribution in [3.05, 3.63) is 29.3 Å². The molecular formula is C13H17NO3. The second-order valence-electron chi connectivity index (χ2n) is 4.27. The first-order valence-electron chi connectivity index (χ1n) is 5.79. The van der Waals surface area contributed by atoms with Crippen molar-refractivity contribution < 1.29 is 14.6 Å². The third kappa shape index (κ3) is 2.18. The first-order chi connectivity index (χ1) is 8.17. The van der Waals surface area contributed by atoms with Crippen LogP contribution in [0, 0.1) is 0 Å². The van der Waals surface area contributed by atoms with Crippen molar-refractivity contribution in [3.8, 4) is 0 Å². The van der Waals surface area contributed by atoms with Gasteiger partial charge in [0.25, 0.3) is 0 Å². The molecule has 1 aromatic carbocycles. The number of benzene rings is 1. The number of methoxy groups -OCH3 is 1. The maximum Gasteiger partial charge on any atom is 0.231 e. The van der Waals surface area contributed by atoms with E-state index in [9.17, 15) is 9.90 Å². The highest BCUT2D eigenvalue weighted by molar-refractivity contribution is 6.02. The van der Waals surface area contributed by atoms with E-state index in [1.165, 1.54) is 0 Å². The van der Waals surface area contributed by atoms with Crippen molar-refractivity contribution in [1.29, 1.82) is 0 Å². The summed E-state index contributed by atoms with van der Waals surface area (Å²) in [7, 11) is 1.55. The van der Waals surface area contributed by atoms with E-state index in [2.05, 4.69) is 5.32 Å². The van der Waals surface area contributed by atoms with Crippen LogP contribution >= 0.6 is 0 Å². The summed E-state index contributed by atoms with van der Waals surface area (Å²) in [6.45, 7) is 2.24. The van der Waals surface area contributed by atoms with Crippen molar-refractivity contribution in [2.24, 2.45) is 0 Å². The molecule has 4 heteroatoms. The lowest BCUT2D eigenvalue weighted by atomic mass is 9.95. The molecule has 1 aliphatic rings. The minimum Gasteiger partial charge on any atom is -0.386 e. The molecule has 0 saturated heterocycles. The Balaban J connectivity index is 2.31.